The van der Waals surface area contributed by atoms with E-state index in [1.54, 1.807) is 25.2 Å². The van der Waals surface area contributed by atoms with Crippen LogP contribution in [0.5, 0.6) is 0 Å². The van der Waals surface area contributed by atoms with Crippen LogP contribution >= 0.6 is 23.2 Å². The minimum atomic E-state index is -4.54. The van der Waals surface area contributed by atoms with E-state index in [4.69, 9.17) is 23.2 Å². The number of alkyl halides is 3. The zero-order valence-corrected chi connectivity index (χ0v) is 23.7. The number of halogens is 5. The summed E-state index contributed by atoms with van der Waals surface area (Å²) >= 11 is 12.4. The van der Waals surface area contributed by atoms with Crippen molar-refractivity contribution in [1.82, 2.24) is 19.5 Å². The van der Waals surface area contributed by atoms with Gasteiger partial charge in [0.1, 0.15) is 5.69 Å². The average molecular weight is 596 g/mol. The van der Waals surface area contributed by atoms with Crippen molar-refractivity contribution in [3.63, 3.8) is 0 Å². The predicted octanol–water partition coefficient (Wildman–Crippen LogP) is 4.73. The van der Waals surface area contributed by atoms with Gasteiger partial charge in [0, 0.05) is 25.8 Å². The maximum Gasteiger partial charge on any atom is 0.433 e. The molecule has 1 aromatic carbocycles. The van der Waals surface area contributed by atoms with Gasteiger partial charge in [-0.1, -0.05) is 35.3 Å². The van der Waals surface area contributed by atoms with Gasteiger partial charge >= 0.3 is 6.18 Å². The first kappa shape index (κ1) is 30.6. The molecule has 0 saturated carbocycles. The van der Waals surface area contributed by atoms with Gasteiger partial charge in [0.15, 0.2) is 0 Å². The number of hydrogen-bond donors (Lipinski definition) is 1. The molecule has 0 aliphatic carbocycles. The number of amides is 1. The summed E-state index contributed by atoms with van der Waals surface area (Å²) in [4.78, 5) is 21.0. The van der Waals surface area contributed by atoms with E-state index in [0.717, 1.165) is 18.5 Å². The van der Waals surface area contributed by atoms with E-state index >= 15 is 0 Å². The molecule has 1 amide bonds. The quantitative estimate of drug-likeness (QED) is 0.454. The molecule has 1 N–H and O–H groups in total. The number of likely N-dealkylation sites (tertiary alicyclic amines) is 1. The van der Waals surface area contributed by atoms with Gasteiger partial charge in [-0.25, -0.2) is 13.1 Å². The SMILES string of the molecule is CN(Cc1ccc(C(F)(F)F)nc1)C(=O)C(C)(CCN1CCC(NS(C)(=O)=O)CC1)c1ccc(Cl)c(Cl)c1. The second kappa shape index (κ2) is 12.1. The summed E-state index contributed by atoms with van der Waals surface area (Å²) in [6.45, 7) is 3.80. The van der Waals surface area contributed by atoms with Crippen molar-refractivity contribution in [1.29, 1.82) is 0 Å². The van der Waals surface area contributed by atoms with Crippen LogP contribution < -0.4 is 4.72 Å². The summed E-state index contributed by atoms with van der Waals surface area (Å²) in [5.74, 6) is -0.232. The molecule has 13 heteroatoms. The Morgan fingerprint density at radius 1 is 1.16 bits per heavy atom. The third kappa shape index (κ3) is 8.05. The molecule has 1 saturated heterocycles. The standard InChI is InChI=1S/C25H31Cl2F3N4O3S/c1-24(18-5-6-20(26)21(27)14-18,10-13-34-11-8-19(9-12-34)32-38(3,36)37)23(35)33(2)16-17-4-7-22(31-15-17)25(28,29)30/h4-7,14-15,19,32H,8-13,16H2,1-3H3. The summed E-state index contributed by atoms with van der Waals surface area (Å²) in [5.41, 5.74) is -0.871. The molecule has 1 aliphatic rings. The lowest BCUT2D eigenvalue weighted by Crippen LogP contribution is -2.48. The van der Waals surface area contributed by atoms with Crippen LogP contribution in [-0.2, 0) is 33.0 Å². The third-order valence-electron chi connectivity index (χ3n) is 6.81. The van der Waals surface area contributed by atoms with Gasteiger partial charge in [-0.2, -0.15) is 13.2 Å². The molecule has 2 heterocycles. The second-order valence-corrected chi connectivity index (χ2v) is 12.5. The highest BCUT2D eigenvalue weighted by Crippen LogP contribution is 2.35. The molecule has 210 valence electrons. The van der Waals surface area contributed by atoms with E-state index in [2.05, 4.69) is 14.6 Å². The lowest BCUT2D eigenvalue weighted by atomic mass is 9.77. The molecule has 1 fully saturated rings. The van der Waals surface area contributed by atoms with E-state index in [9.17, 15) is 26.4 Å². The molecule has 0 bridgehead atoms. The smallest absolute Gasteiger partial charge is 0.341 e. The van der Waals surface area contributed by atoms with Crippen LogP contribution in [0.3, 0.4) is 0 Å². The zero-order chi connectivity index (χ0) is 28.3. The highest BCUT2D eigenvalue weighted by molar-refractivity contribution is 7.88. The van der Waals surface area contributed by atoms with Gasteiger partial charge in [-0.05, 0) is 75.1 Å². The van der Waals surface area contributed by atoms with Crippen LogP contribution in [0.4, 0.5) is 13.2 Å². The molecule has 2 aromatic rings. The Morgan fingerprint density at radius 2 is 1.82 bits per heavy atom. The van der Waals surface area contributed by atoms with Crippen LogP contribution in [0.25, 0.3) is 0 Å². The van der Waals surface area contributed by atoms with E-state index in [1.807, 2.05) is 6.92 Å². The van der Waals surface area contributed by atoms with Crippen molar-refractivity contribution in [2.24, 2.45) is 0 Å². The first-order chi connectivity index (χ1) is 17.6. The normalized spacial score (nSPS) is 17.3. The van der Waals surface area contributed by atoms with Crippen molar-refractivity contribution in [3.05, 3.63) is 63.4 Å². The number of nitrogens with one attached hydrogen (secondary N) is 1. The average Bonchev–Trinajstić information content (AvgIpc) is 2.83. The Bertz CT molecular complexity index is 1240. The number of nitrogens with zero attached hydrogens (tertiary/aromatic N) is 3. The number of benzene rings is 1. The van der Waals surface area contributed by atoms with E-state index in [0.29, 0.717) is 60.1 Å². The van der Waals surface area contributed by atoms with Gasteiger partial charge in [0.25, 0.3) is 0 Å². The van der Waals surface area contributed by atoms with E-state index in [1.165, 1.54) is 11.0 Å². The van der Waals surface area contributed by atoms with Gasteiger partial charge < -0.3 is 9.80 Å². The van der Waals surface area contributed by atoms with Crippen LogP contribution in [0, 0.1) is 0 Å². The highest BCUT2D eigenvalue weighted by Gasteiger charge is 2.38. The topological polar surface area (TPSA) is 82.6 Å². The Labute approximate surface area is 231 Å². The zero-order valence-electron chi connectivity index (χ0n) is 21.4. The Morgan fingerprint density at radius 3 is 2.34 bits per heavy atom. The van der Waals surface area contributed by atoms with Gasteiger partial charge in [-0.15, -0.1) is 0 Å². The monoisotopic (exact) mass is 594 g/mol. The van der Waals surface area contributed by atoms with Crippen molar-refractivity contribution in [2.75, 3.05) is 32.9 Å². The minimum absolute atomic E-state index is 0.0729. The molecule has 0 spiro atoms. The Kier molecular flexibility index (Phi) is 9.73. The minimum Gasteiger partial charge on any atom is -0.341 e. The molecule has 1 unspecified atom stereocenters. The number of carbonyl (C=O) groups is 1. The Balaban J connectivity index is 1.76. The molecular formula is C25H31Cl2F3N4O3S. The first-order valence-corrected chi connectivity index (χ1v) is 14.7. The van der Waals surface area contributed by atoms with Gasteiger partial charge in [-0.3, -0.25) is 9.78 Å². The van der Waals surface area contributed by atoms with Gasteiger partial charge in [0.05, 0.1) is 21.7 Å². The third-order valence-corrected chi connectivity index (χ3v) is 8.31. The first-order valence-electron chi connectivity index (χ1n) is 12.0. The maximum atomic E-state index is 13.8. The number of aromatic nitrogens is 1. The van der Waals surface area contributed by atoms with Crippen LogP contribution in [-0.4, -0.2) is 68.1 Å². The summed E-state index contributed by atoms with van der Waals surface area (Å²) in [5, 5.41) is 0.667. The molecule has 1 aromatic heterocycles. The molecule has 3 rings (SSSR count). The number of hydrogen-bond acceptors (Lipinski definition) is 5. The van der Waals surface area contributed by atoms with Crippen molar-refractivity contribution < 1.29 is 26.4 Å². The second-order valence-electron chi connectivity index (χ2n) is 9.93. The molecule has 1 atom stereocenters. The fraction of sp³-hybridized carbons (Fsp3) is 0.520. The maximum absolute atomic E-state index is 13.8. The lowest BCUT2D eigenvalue weighted by Gasteiger charge is -2.37. The molecular weight excluding hydrogens is 564 g/mol. The number of carbonyl (C=O) groups excluding carboxylic acids is 1. The molecule has 0 radical (unpaired) electrons. The number of pyridine rings is 1. The van der Waals surface area contributed by atoms with Gasteiger partial charge in [0.2, 0.25) is 15.9 Å². The summed E-state index contributed by atoms with van der Waals surface area (Å²) in [7, 11) is -1.68. The largest absolute Gasteiger partial charge is 0.433 e. The number of likely N-dealkylation sites (N-methyl/N-ethyl adjacent to an activating group) is 1. The van der Waals surface area contributed by atoms with Crippen LogP contribution in [0.1, 0.15) is 43.0 Å². The highest BCUT2D eigenvalue weighted by atomic mass is 35.5. The Hall–Kier alpha value is -1.92. The summed E-state index contributed by atoms with van der Waals surface area (Å²) in [6.07, 6.45) is -0.523. The molecule has 7 nitrogen and oxygen atoms in total. The van der Waals surface area contributed by atoms with E-state index < -0.39 is 27.3 Å². The fourth-order valence-corrected chi connectivity index (χ4v) is 5.76. The summed E-state index contributed by atoms with van der Waals surface area (Å²) < 4.78 is 64.3. The number of sulfonamides is 1. The molecule has 38 heavy (non-hydrogen) atoms. The van der Waals surface area contributed by atoms with Crippen LogP contribution in [0.2, 0.25) is 10.0 Å². The number of piperidine rings is 1. The summed E-state index contributed by atoms with van der Waals surface area (Å²) in [6, 6.07) is 7.14. The van der Waals surface area contributed by atoms with Crippen molar-refractivity contribution in [3.8, 4) is 0 Å². The predicted molar refractivity (Wildman–Crippen MR) is 142 cm³/mol. The lowest BCUT2D eigenvalue weighted by molar-refractivity contribution is -0.141. The van der Waals surface area contributed by atoms with Crippen molar-refractivity contribution >= 4 is 39.1 Å². The van der Waals surface area contributed by atoms with Crippen LogP contribution in [0.15, 0.2) is 36.5 Å². The fourth-order valence-electron chi connectivity index (χ4n) is 4.63. The van der Waals surface area contributed by atoms with E-state index in [-0.39, 0.29) is 18.5 Å². The van der Waals surface area contributed by atoms with Crippen molar-refractivity contribution in [2.45, 2.75) is 50.4 Å². The molecule has 1 aliphatic heterocycles. The number of rotatable bonds is 9.